The molecule has 0 spiro atoms. The lowest BCUT2D eigenvalue weighted by Gasteiger charge is -2.34. The summed E-state index contributed by atoms with van der Waals surface area (Å²) in [4.78, 5) is 22.2. The second kappa shape index (κ2) is 6.07. The van der Waals surface area contributed by atoms with Gasteiger partial charge in [-0.2, -0.15) is 0 Å². The van der Waals surface area contributed by atoms with Gasteiger partial charge in [0.15, 0.2) is 12.0 Å². The van der Waals surface area contributed by atoms with Crippen LogP contribution in [0.15, 0.2) is 47.2 Å². The molecule has 1 aromatic carbocycles. The molecule has 0 aliphatic carbocycles. The summed E-state index contributed by atoms with van der Waals surface area (Å²) in [6.45, 7) is 2.35. The van der Waals surface area contributed by atoms with Gasteiger partial charge < -0.3 is 17.6 Å². The number of carbonyl (C=O) groups excluding carboxylic acids is 1. The lowest BCUT2D eigenvalue weighted by atomic mass is 9.84. The number of hydrogen-bond acceptors (Lipinski definition) is 3. The van der Waals surface area contributed by atoms with Crippen LogP contribution in [-0.2, 0) is 4.79 Å². The van der Waals surface area contributed by atoms with E-state index >= 15 is 8.63 Å². The number of non-ortho nitro benzene ring substituents is 1. The molecule has 2 aromatic rings. The number of nitro groups is 1. The van der Waals surface area contributed by atoms with Gasteiger partial charge in [-0.25, -0.2) is 0 Å². The maximum absolute atomic E-state index is 15.7. The molecule has 0 fully saturated rings. The highest BCUT2D eigenvalue weighted by Gasteiger charge is 2.56. The highest BCUT2D eigenvalue weighted by Crippen LogP contribution is 2.45. The molecule has 0 atom stereocenters. The molecule has 29 heavy (non-hydrogen) atoms. The minimum atomic E-state index is -4.20. The van der Waals surface area contributed by atoms with E-state index in [1.165, 1.54) is 19.1 Å². The van der Waals surface area contributed by atoms with Crippen molar-refractivity contribution in [3.8, 4) is 0 Å². The molecule has 0 radical (unpaired) electrons. The Bertz CT molecular complexity index is 1200. The van der Waals surface area contributed by atoms with Crippen LogP contribution in [0.1, 0.15) is 36.4 Å². The van der Waals surface area contributed by atoms with Crippen LogP contribution in [0.2, 0.25) is 0 Å². The number of rotatable bonds is 3. The number of halogens is 2. The van der Waals surface area contributed by atoms with Crippen LogP contribution in [0.5, 0.6) is 0 Å². The van der Waals surface area contributed by atoms with Gasteiger partial charge in [0.1, 0.15) is 5.71 Å². The van der Waals surface area contributed by atoms with Gasteiger partial charge in [0, 0.05) is 30.3 Å². The average Bonchev–Trinajstić information content (AvgIpc) is 3.10. The van der Waals surface area contributed by atoms with Crippen LogP contribution >= 0.6 is 0 Å². The van der Waals surface area contributed by atoms with Crippen LogP contribution in [0.25, 0.3) is 5.57 Å². The minimum Gasteiger partial charge on any atom is -0.393 e. The Hall–Kier alpha value is -3.36. The molecule has 0 saturated heterocycles. The first-order valence-corrected chi connectivity index (χ1v) is 9.11. The molecule has 6 nitrogen and oxygen atoms in total. The monoisotopic (exact) mass is 397 g/mol. The fraction of sp³-hybridized carbons (Fsp3) is 0.200. The Morgan fingerprint density at radius 2 is 1.76 bits per heavy atom. The van der Waals surface area contributed by atoms with E-state index in [4.69, 9.17) is 0 Å². The molecule has 0 saturated carbocycles. The SMILES string of the molecule is CC1=C(C=O)C(C)=[N+]2C1=C(c1ccc([N+](=O)[O-])cc1)c1c(C)cc(C)n1[B-]2(F)F. The van der Waals surface area contributed by atoms with E-state index < -0.39 is 11.9 Å². The largest absolute Gasteiger partial charge is 0.737 e. The molecule has 0 amide bonds. The molecule has 4 rings (SSSR count). The van der Waals surface area contributed by atoms with Crippen LogP contribution in [-0.4, -0.2) is 32.9 Å². The van der Waals surface area contributed by atoms with Crippen LogP contribution in [0.4, 0.5) is 14.3 Å². The van der Waals surface area contributed by atoms with E-state index in [1.54, 1.807) is 39.0 Å². The molecule has 2 aliphatic rings. The summed E-state index contributed by atoms with van der Waals surface area (Å²) in [7, 11) is 0. The Morgan fingerprint density at radius 3 is 2.31 bits per heavy atom. The standard InChI is InChI=1S/C20H18BF2N3O3/c1-11-9-12(2)24-19(11)18(15-5-7-16(8-6-15)26(28)29)20-13(3)17(10-27)14(4)25(20)21(24,22)23/h5-10H,1-4H3. The van der Waals surface area contributed by atoms with Gasteiger partial charge in [0.05, 0.1) is 16.1 Å². The number of aldehydes is 1. The molecule has 0 unspecified atom stereocenters. The number of hydrogen-bond donors (Lipinski definition) is 0. The quantitative estimate of drug-likeness (QED) is 0.340. The first-order valence-electron chi connectivity index (χ1n) is 9.11. The first-order chi connectivity index (χ1) is 13.6. The van der Waals surface area contributed by atoms with Crippen LogP contribution < -0.4 is 0 Å². The number of nitrogens with zero attached hydrogens (tertiary/aromatic N) is 3. The van der Waals surface area contributed by atoms with E-state index in [0.717, 1.165) is 8.96 Å². The number of benzene rings is 1. The summed E-state index contributed by atoms with van der Waals surface area (Å²) in [5.74, 6) is 0. The van der Waals surface area contributed by atoms with Gasteiger partial charge in [-0.3, -0.25) is 14.9 Å². The summed E-state index contributed by atoms with van der Waals surface area (Å²) in [6, 6.07) is 7.53. The molecule has 9 heteroatoms. The van der Waals surface area contributed by atoms with Gasteiger partial charge in [-0.05, 0) is 55.8 Å². The second-order valence-electron chi connectivity index (χ2n) is 7.42. The third-order valence-corrected chi connectivity index (χ3v) is 5.75. The Morgan fingerprint density at radius 1 is 1.14 bits per heavy atom. The van der Waals surface area contributed by atoms with Gasteiger partial charge >= 0.3 is 6.97 Å². The molecule has 1 aromatic heterocycles. The Kier molecular flexibility index (Phi) is 3.97. The predicted molar refractivity (Wildman–Crippen MR) is 106 cm³/mol. The van der Waals surface area contributed by atoms with Crippen molar-refractivity contribution in [3.63, 3.8) is 0 Å². The maximum atomic E-state index is 15.7. The predicted octanol–water partition coefficient (Wildman–Crippen LogP) is 4.01. The van der Waals surface area contributed by atoms with E-state index in [0.29, 0.717) is 39.9 Å². The lowest BCUT2D eigenvalue weighted by molar-refractivity contribution is -0.384. The van der Waals surface area contributed by atoms with E-state index in [9.17, 15) is 14.9 Å². The molecular weight excluding hydrogens is 379 g/mol. The normalized spacial score (nSPS) is 17.6. The minimum absolute atomic E-state index is 0.0835. The number of carbonyl (C=O) groups is 1. The van der Waals surface area contributed by atoms with Crippen molar-refractivity contribution in [3.05, 3.63) is 79.8 Å². The van der Waals surface area contributed by atoms with Crippen molar-refractivity contribution in [1.29, 1.82) is 0 Å². The van der Waals surface area contributed by atoms with E-state index in [-0.39, 0.29) is 22.7 Å². The van der Waals surface area contributed by atoms with Gasteiger partial charge in [0.2, 0.25) is 0 Å². The third kappa shape index (κ3) is 2.39. The summed E-state index contributed by atoms with van der Waals surface area (Å²) in [6.07, 6.45) is 0.602. The third-order valence-electron chi connectivity index (χ3n) is 5.75. The van der Waals surface area contributed by atoms with Gasteiger partial charge in [-0.15, -0.1) is 0 Å². The fourth-order valence-corrected chi connectivity index (χ4v) is 4.53. The molecular formula is C20H18BF2N3O3. The lowest BCUT2D eigenvalue weighted by Crippen LogP contribution is -2.51. The molecule has 2 aliphatic heterocycles. The second-order valence-corrected chi connectivity index (χ2v) is 7.42. The summed E-state index contributed by atoms with van der Waals surface area (Å²) in [5.41, 5.74) is 3.66. The number of allylic oxidation sites excluding steroid dienone is 2. The topological polar surface area (TPSA) is 68.2 Å². The zero-order chi connectivity index (χ0) is 21.2. The smallest absolute Gasteiger partial charge is 0.393 e. The van der Waals surface area contributed by atoms with Crippen molar-refractivity contribution < 1.29 is 22.8 Å². The number of aryl methyl sites for hydroxylation is 2. The van der Waals surface area contributed by atoms with Crippen molar-refractivity contribution in [2.75, 3.05) is 0 Å². The summed E-state index contributed by atoms with van der Waals surface area (Å²) in [5, 5.41) is 11.0. The highest BCUT2D eigenvalue weighted by atomic mass is 19.2. The maximum Gasteiger partial charge on any atom is 0.737 e. The average molecular weight is 397 g/mol. The van der Waals surface area contributed by atoms with E-state index in [2.05, 4.69) is 0 Å². The Labute approximate surface area is 165 Å². The number of nitro benzene ring substituents is 1. The molecule has 3 heterocycles. The van der Waals surface area contributed by atoms with Crippen molar-refractivity contribution in [2.45, 2.75) is 27.7 Å². The van der Waals surface area contributed by atoms with Crippen molar-refractivity contribution in [2.24, 2.45) is 0 Å². The van der Waals surface area contributed by atoms with E-state index in [1.807, 2.05) is 0 Å². The molecule has 0 bridgehead atoms. The van der Waals surface area contributed by atoms with Crippen LogP contribution in [0.3, 0.4) is 0 Å². The zero-order valence-electron chi connectivity index (χ0n) is 16.4. The number of fused-ring (bicyclic) bond motifs is 2. The summed E-state index contributed by atoms with van der Waals surface area (Å²) < 4.78 is 33.3. The van der Waals surface area contributed by atoms with Gasteiger partial charge in [-0.1, -0.05) is 0 Å². The highest BCUT2D eigenvalue weighted by molar-refractivity contribution is 6.58. The Balaban J connectivity index is 2.15. The van der Waals surface area contributed by atoms with Gasteiger partial charge in [0.25, 0.3) is 5.69 Å². The van der Waals surface area contributed by atoms with Crippen molar-refractivity contribution in [1.82, 2.24) is 4.48 Å². The molecule has 148 valence electrons. The fourth-order valence-electron chi connectivity index (χ4n) is 4.53. The number of aromatic nitrogens is 1. The summed E-state index contributed by atoms with van der Waals surface area (Å²) >= 11 is 0. The first kappa shape index (κ1) is 19.0. The zero-order valence-corrected chi connectivity index (χ0v) is 16.4. The van der Waals surface area contributed by atoms with Crippen molar-refractivity contribution >= 4 is 30.2 Å². The van der Waals surface area contributed by atoms with Crippen LogP contribution in [0, 0.1) is 24.0 Å². The molecule has 0 N–H and O–H groups in total.